The molecule has 0 aliphatic carbocycles. The standard InChI is InChI=1S/C25H23Cl2F3N6O2/c1-12(2)24(5,11-31)34-22(37)17-9-16(26)6-13(3)20(17)33-23(38)19-7-14(4)35-36(19)21-18(27)8-15(10-32-21)25(28,29)30/h6-10,12H,1-5H3,(H,33,38)(H,34,37). The number of nitriles is 1. The summed E-state index contributed by atoms with van der Waals surface area (Å²) in [5, 5.41) is 19.0. The van der Waals surface area contributed by atoms with E-state index in [-0.39, 0.29) is 38.7 Å². The zero-order valence-electron chi connectivity index (χ0n) is 21.0. The van der Waals surface area contributed by atoms with Gasteiger partial charge in [-0.15, -0.1) is 0 Å². The summed E-state index contributed by atoms with van der Waals surface area (Å²) in [5.74, 6) is -1.80. The number of alkyl halides is 3. The minimum absolute atomic E-state index is 0.0129. The van der Waals surface area contributed by atoms with Crippen LogP contribution in [0.5, 0.6) is 0 Å². The molecule has 0 aliphatic rings. The second kappa shape index (κ2) is 10.6. The van der Waals surface area contributed by atoms with E-state index in [2.05, 4.69) is 26.8 Å². The highest BCUT2D eigenvalue weighted by Gasteiger charge is 2.33. The molecule has 13 heteroatoms. The molecule has 1 aromatic carbocycles. The van der Waals surface area contributed by atoms with Crippen LogP contribution in [-0.4, -0.2) is 32.1 Å². The van der Waals surface area contributed by atoms with E-state index in [1.165, 1.54) is 18.2 Å². The molecular formula is C25H23Cl2F3N6O2. The second-order valence-corrected chi connectivity index (χ2v) is 9.98. The lowest BCUT2D eigenvalue weighted by Gasteiger charge is -2.28. The highest BCUT2D eigenvalue weighted by Crippen LogP contribution is 2.33. The molecule has 200 valence electrons. The van der Waals surface area contributed by atoms with Crippen LogP contribution in [0.4, 0.5) is 18.9 Å². The molecule has 38 heavy (non-hydrogen) atoms. The van der Waals surface area contributed by atoms with Gasteiger partial charge in [0.1, 0.15) is 11.2 Å². The molecule has 1 atom stereocenters. The van der Waals surface area contributed by atoms with E-state index in [1.54, 1.807) is 34.6 Å². The number of carbonyl (C=O) groups excluding carboxylic acids is 2. The molecule has 3 aromatic rings. The maximum atomic E-state index is 13.4. The van der Waals surface area contributed by atoms with Crippen molar-refractivity contribution in [1.29, 1.82) is 5.26 Å². The van der Waals surface area contributed by atoms with Crippen LogP contribution >= 0.6 is 23.2 Å². The molecule has 0 aliphatic heterocycles. The quantitative estimate of drug-likeness (QED) is 0.372. The van der Waals surface area contributed by atoms with Gasteiger partial charge in [-0.3, -0.25) is 9.59 Å². The second-order valence-electron chi connectivity index (χ2n) is 9.13. The number of hydrogen-bond donors (Lipinski definition) is 2. The summed E-state index contributed by atoms with van der Waals surface area (Å²) in [7, 11) is 0. The summed E-state index contributed by atoms with van der Waals surface area (Å²) in [6.45, 7) is 8.33. The van der Waals surface area contributed by atoms with Crippen LogP contribution in [0.3, 0.4) is 0 Å². The molecule has 0 radical (unpaired) electrons. The van der Waals surface area contributed by atoms with Crippen LogP contribution in [-0.2, 0) is 6.18 Å². The smallest absolute Gasteiger partial charge is 0.334 e. The Morgan fingerprint density at radius 3 is 2.32 bits per heavy atom. The molecule has 3 rings (SSSR count). The molecule has 8 nitrogen and oxygen atoms in total. The summed E-state index contributed by atoms with van der Waals surface area (Å²) in [6, 6.07) is 7.06. The number of aromatic nitrogens is 3. The third-order valence-electron chi connectivity index (χ3n) is 5.96. The Morgan fingerprint density at radius 1 is 1.11 bits per heavy atom. The summed E-state index contributed by atoms with van der Waals surface area (Å²) in [6.07, 6.45) is -4.07. The van der Waals surface area contributed by atoms with Gasteiger partial charge in [0.15, 0.2) is 5.82 Å². The first-order chi connectivity index (χ1) is 17.6. The SMILES string of the molecule is Cc1cc(C(=O)Nc2c(C)cc(Cl)cc2C(=O)NC(C)(C#N)C(C)C)n(-c2ncc(C(F)(F)F)cc2Cl)n1. The molecule has 2 aromatic heterocycles. The Labute approximate surface area is 226 Å². The lowest BCUT2D eigenvalue weighted by Crippen LogP contribution is -2.49. The van der Waals surface area contributed by atoms with Crippen LogP contribution in [0.2, 0.25) is 10.0 Å². The first kappa shape index (κ1) is 28.9. The number of halogens is 5. The maximum absolute atomic E-state index is 13.4. The van der Waals surface area contributed by atoms with Crippen LogP contribution in [0.25, 0.3) is 5.82 Å². The number of benzene rings is 1. The topological polar surface area (TPSA) is 113 Å². The molecule has 0 bridgehead atoms. The third-order valence-corrected chi connectivity index (χ3v) is 6.45. The lowest BCUT2D eigenvalue weighted by atomic mass is 9.89. The predicted molar refractivity (Wildman–Crippen MR) is 137 cm³/mol. The summed E-state index contributed by atoms with van der Waals surface area (Å²) < 4.78 is 40.2. The van der Waals surface area contributed by atoms with E-state index >= 15 is 0 Å². The minimum atomic E-state index is -4.66. The molecule has 0 spiro atoms. The zero-order valence-corrected chi connectivity index (χ0v) is 22.5. The molecule has 2 N–H and O–H groups in total. The first-order valence-electron chi connectivity index (χ1n) is 11.2. The first-order valence-corrected chi connectivity index (χ1v) is 12.0. The fourth-order valence-corrected chi connectivity index (χ4v) is 3.95. The van der Waals surface area contributed by atoms with Gasteiger partial charge in [-0.2, -0.15) is 23.5 Å². The molecule has 0 fully saturated rings. The number of amides is 2. The van der Waals surface area contributed by atoms with Gasteiger partial charge < -0.3 is 10.6 Å². The van der Waals surface area contributed by atoms with Crippen molar-refractivity contribution >= 4 is 40.7 Å². The van der Waals surface area contributed by atoms with Gasteiger partial charge in [0.25, 0.3) is 11.8 Å². The largest absolute Gasteiger partial charge is 0.417 e. The van der Waals surface area contributed by atoms with Crippen molar-refractivity contribution in [2.45, 2.75) is 46.3 Å². The van der Waals surface area contributed by atoms with Crippen LogP contribution in [0, 0.1) is 31.1 Å². The van der Waals surface area contributed by atoms with E-state index in [4.69, 9.17) is 23.2 Å². The average molecular weight is 567 g/mol. The summed E-state index contributed by atoms with van der Waals surface area (Å²) >= 11 is 12.3. The highest BCUT2D eigenvalue weighted by atomic mass is 35.5. The fraction of sp³-hybridized carbons (Fsp3) is 0.320. The van der Waals surface area contributed by atoms with E-state index in [0.717, 1.165) is 4.68 Å². The van der Waals surface area contributed by atoms with Gasteiger partial charge in [-0.25, -0.2) is 9.67 Å². The van der Waals surface area contributed by atoms with Gasteiger partial charge in [-0.1, -0.05) is 37.0 Å². The van der Waals surface area contributed by atoms with Gasteiger partial charge in [0.05, 0.1) is 33.6 Å². The average Bonchev–Trinajstić information content (AvgIpc) is 3.20. The monoisotopic (exact) mass is 566 g/mol. The van der Waals surface area contributed by atoms with Gasteiger partial charge in [0.2, 0.25) is 0 Å². The molecule has 0 saturated carbocycles. The summed E-state index contributed by atoms with van der Waals surface area (Å²) in [4.78, 5) is 30.4. The van der Waals surface area contributed by atoms with Crippen LogP contribution < -0.4 is 10.6 Å². The number of anilines is 1. The predicted octanol–water partition coefficient (Wildman–Crippen LogP) is 6.13. The number of nitrogens with zero attached hydrogens (tertiary/aromatic N) is 4. The number of rotatable bonds is 6. The Bertz CT molecular complexity index is 1460. The third kappa shape index (κ3) is 5.92. The maximum Gasteiger partial charge on any atom is 0.417 e. The zero-order chi connectivity index (χ0) is 28.6. The highest BCUT2D eigenvalue weighted by molar-refractivity contribution is 6.32. The van der Waals surface area contributed by atoms with Crippen molar-refractivity contribution in [3.8, 4) is 11.9 Å². The van der Waals surface area contributed by atoms with Crippen molar-refractivity contribution in [1.82, 2.24) is 20.1 Å². The van der Waals surface area contributed by atoms with Gasteiger partial charge in [0, 0.05) is 11.2 Å². The number of nitrogens with one attached hydrogen (secondary N) is 2. The van der Waals surface area contributed by atoms with Crippen molar-refractivity contribution < 1.29 is 22.8 Å². The normalized spacial score (nSPS) is 13.1. The van der Waals surface area contributed by atoms with Gasteiger partial charge in [-0.05, 0) is 56.5 Å². The summed E-state index contributed by atoms with van der Waals surface area (Å²) in [5.41, 5.74) is -1.40. The molecule has 0 saturated heterocycles. The van der Waals surface area contributed by atoms with Crippen molar-refractivity contribution in [2.24, 2.45) is 5.92 Å². The molecular weight excluding hydrogens is 544 g/mol. The van der Waals surface area contributed by atoms with E-state index < -0.39 is 29.1 Å². The fourth-order valence-electron chi connectivity index (χ4n) is 3.43. The Kier molecular flexibility index (Phi) is 8.10. The van der Waals surface area contributed by atoms with E-state index in [9.17, 15) is 28.0 Å². The minimum Gasteiger partial charge on any atom is -0.334 e. The number of hydrogen-bond acceptors (Lipinski definition) is 5. The molecule has 2 amide bonds. The molecule has 2 heterocycles. The number of carbonyl (C=O) groups is 2. The number of aryl methyl sites for hydroxylation is 2. The lowest BCUT2D eigenvalue weighted by molar-refractivity contribution is -0.137. The van der Waals surface area contributed by atoms with Crippen LogP contribution in [0.15, 0.2) is 30.5 Å². The van der Waals surface area contributed by atoms with E-state index in [0.29, 0.717) is 23.5 Å². The number of pyridine rings is 1. The van der Waals surface area contributed by atoms with Crippen molar-refractivity contribution in [2.75, 3.05) is 5.32 Å². The Balaban J connectivity index is 2.03. The van der Waals surface area contributed by atoms with Crippen molar-refractivity contribution in [3.63, 3.8) is 0 Å². The Hall–Kier alpha value is -3.62. The van der Waals surface area contributed by atoms with Crippen LogP contribution in [0.1, 0.15) is 58.4 Å². The Morgan fingerprint density at radius 2 is 1.76 bits per heavy atom. The molecule has 1 unspecified atom stereocenters. The van der Waals surface area contributed by atoms with E-state index in [1.807, 2.05) is 0 Å². The van der Waals surface area contributed by atoms with Crippen molar-refractivity contribution in [3.05, 3.63) is 68.6 Å². The van der Waals surface area contributed by atoms with Gasteiger partial charge >= 0.3 is 6.18 Å².